The van der Waals surface area contributed by atoms with E-state index >= 15 is 0 Å². The molecule has 2 nitrogen and oxygen atoms in total. The minimum Gasteiger partial charge on any atom is -0.284 e. The van der Waals surface area contributed by atoms with Crippen molar-refractivity contribution < 1.29 is 4.57 Å². The van der Waals surface area contributed by atoms with Gasteiger partial charge in [0.25, 0.3) is 6.65 Å². The van der Waals surface area contributed by atoms with Crippen molar-refractivity contribution in [3.63, 3.8) is 0 Å². The van der Waals surface area contributed by atoms with E-state index in [4.69, 9.17) is 11.2 Å². The van der Waals surface area contributed by atoms with Gasteiger partial charge in [0, 0.05) is 11.3 Å². The van der Waals surface area contributed by atoms with Gasteiger partial charge in [-0.15, -0.1) is 0 Å². The number of nitrogens with one attached hydrogen (secondary N) is 1. The highest BCUT2D eigenvalue weighted by molar-refractivity contribution is 7.93. The Morgan fingerprint density at radius 1 is 1.09 bits per heavy atom. The maximum Gasteiger partial charge on any atom is 0.261 e. The first-order valence-corrected chi connectivity index (χ1v) is 11.2. The molecule has 4 bridgehead atoms. The molecule has 0 aromatic heterocycles. The third kappa shape index (κ3) is 2.58. The standard InChI is InChI=1S/C18H25ClNOP/c1-13(20-22(19,21)17-5-3-2-4-6-17)18-10-14-7-15(11-18)9-16(8-14)12-18/h2-6,13-16H,7-12H2,1H3,(H,20,21). The van der Waals surface area contributed by atoms with E-state index in [1.54, 1.807) is 0 Å². The number of hydrogen-bond acceptors (Lipinski definition) is 1. The summed E-state index contributed by atoms with van der Waals surface area (Å²) in [7, 11) is 0. The Kier molecular flexibility index (Phi) is 3.72. The highest BCUT2D eigenvalue weighted by atomic mass is 35.7. The lowest BCUT2D eigenvalue weighted by Gasteiger charge is -2.59. The second-order valence-electron chi connectivity index (χ2n) is 8.00. The van der Waals surface area contributed by atoms with Crippen LogP contribution in [0.2, 0.25) is 0 Å². The van der Waals surface area contributed by atoms with Crippen LogP contribution in [0.15, 0.2) is 30.3 Å². The molecule has 4 aliphatic rings. The Bertz CT molecular complexity index is 567. The molecule has 2 unspecified atom stereocenters. The second-order valence-corrected chi connectivity index (χ2v) is 11.3. The fourth-order valence-electron chi connectivity index (χ4n) is 5.79. The summed E-state index contributed by atoms with van der Waals surface area (Å²) in [5.74, 6) is 2.71. The fourth-order valence-corrected chi connectivity index (χ4v) is 8.04. The van der Waals surface area contributed by atoms with Crippen molar-refractivity contribution in [2.75, 3.05) is 0 Å². The predicted octanol–water partition coefficient (Wildman–Crippen LogP) is 4.94. The molecule has 22 heavy (non-hydrogen) atoms. The van der Waals surface area contributed by atoms with E-state index < -0.39 is 6.65 Å². The molecule has 0 spiro atoms. The summed E-state index contributed by atoms with van der Waals surface area (Å²) in [6, 6.07) is 9.70. The maximum absolute atomic E-state index is 13.0. The second kappa shape index (κ2) is 5.36. The van der Waals surface area contributed by atoms with Gasteiger partial charge in [-0.05, 0) is 92.0 Å². The predicted molar refractivity (Wildman–Crippen MR) is 92.7 cm³/mol. The van der Waals surface area contributed by atoms with Crippen LogP contribution in [0.25, 0.3) is 0 Å². The van der Waals surface area contributed by atoms with Crippen LogP contribution in [0, 0.1) is 23.2 Å². The van der Waals surface area contributed by atoms with Crippen LogP contribution in [0.4, 0.5) is 0 Å². The molecule has 120 valence electrons. The van der Waals surface area contributed by atoms with Crippen molar-refractivity contribution in [1.29, 1.82) is 0 Å². The summed E-state index contributed by atoms with van der Waals surface area (Å²) >= 11 is 6.44. The van der Waals surface area contributed by atoms with Gasteiger partial charge in [-0.2, -0.15) is 0 Å². The molecule has 4 saturated carbocycles. The zero-order chi connectivity index (χ0) is 15.4. The van der Waals surface area contributed by atoms with Crippen molar-refractivity contribution in [1.82, 2.24) is 5.09 Å². The first kappa shape index (κ1) is 15.2. The topological polar surface area (TPSA) is 29.1 Å². The smallest absolute Gasteiger partial charge is 0.261 e. The number of benzene rings is 1. The molecule has 0 amide bonds. The minimum absolute atomic E-state index is 0.226. The van der Waals surface area contributed by atoms with E-state index in [9.17, 15) is 4.57 Å². The van der Waals surface area contributed by atoms with Crippen molar-refractivity contribution in [2.45, 2.75) is 51.5 Å². The summed E-state index contributed by atoms with van der Waals surface area (Å²) < 4.78 is 13.0. The van der Waals surface area contributed by atoms with Crippen molar-refractivity contribution in [3.8, 4) is 0 Å². The van der Waals surface area contributed by atoms with Gasteiger partial charge in [0.15, 0.2) is 0 Å². The van der Waals surface area contributed by atoms with E-state index in [0.29, 0.717) is 5.41 Å². The SMILES string of the molecule is CC(NP(=O)(Cl)c1ccccc1)C12CC3CC(CC(C3)C1)C2. The molecular formula is C18H25ClNOP. The van der Waals surface area contributed by atoms with E-state index in [1.165, 1.54) is 38.5 Å². The lowest BCUT2D eigenvalue weighted by atomic mass is 9.48. The summed E-state index contributed by atoms with van der Waals surface area (Å²) in [6.07, 6.45) is 8.21. The van der Waals surface area contributed by atoms with Crippen LogP contribution in [0.1, 0.15) is 45.4 Å². The number of hydrogen-bond donors (Lipinski definition) is 1. The zero-order valence-corrected chi connectivity index (χ0v) is 14.8. The molecule has 0 radical (unpaired) electrons. The first-order chi connectivity index (χ1) is 10.5. The average molecular weight is 338 g/mol. The normalized spacial score (nSPS) is 40.4. The molecule has 0 saturated heterocycles. The number of halogens is 1. The van der Waals surface area contributed by atoms with Crippen molar-refractivity contribution >= 4 is 23.2 Å². The van der Waals surface area contributed by atoms with Crippen LogP contribution in [0.5, 0.6) is 0 Å². The summed E-state index contributed by atoms with van der Waals surface area (Å²) in [5, 5.41) is 4.08. The van der Waals surface area contributed by atoms with Crippen LogP contribution < -0.4 is 10.4 Å². The van der Waals surface area contributed by atoms with Crippen LogP contribution >= 0.6 is 17.9 Å². The molecule has 1 aromatic carbocycles. The van der Waals surface area contributed by atoms with Gasteiger partial charge in [-0.25, -0.2) is 5.09 Å². The van der Waals surface area contributed by atoms with Gasteiger partial charge >= 0.3 is 0 Å². The van der Waals surface area contributed by atoms with Gasteiger partial charge < -0.3 is 0 Å². The van der Waals surface area contributed by atoms with Crippen LogP contribution in [-0.4, -0.2) is 6.04 Å². The quantitative estimate of drug-likeness (QED) is 0.788. The van der Waals surface area contributed by atoms with Crippen LogP contribution in [-0.2, 0) is 4.57 Å². The van der Waals surface area contributed by atoms with E-state index in [2.05, 4.69) is 12.0 Å². The largest absolute Gasteiger partial charge is 0.284 e. The Morgan fingerprint density at radius 2 is 1.59 bits per heavy atom. The Labute approximate surface area is 138 Å². The zero-order valence-electron chi connectivity index (χ0n) is 13.2. The molecule has 1 aromatic rings. The lowest BCUT2D eigenvalue weighted by Crippen LogP contribution is -2.54. The first-order valence-electron chi connectivity index (χ1n) is 8.60. The van der Waals surface area contributed by atoms with Crippen LogP contribution in [0.3, 0.4) is 0 Å². The van der Waals surface area contributed by atoms with Gasteiger partial charge in [0.1, 0.15) is 0 Å². The van der Waals surface area contributed by atoms with Crippen molar-refractivity contribution in [2.24, 2.45) is 23.2 Å². The summed E-state index contributed by atoms with van der Waals surface area (Å²) in [6.45, 7) is -0.788. The molecular weight excluding hydrogens is 313 g/mol. The van der Waals surface area contributed by atoms with E-state index in [0.717, 1.165) is 23.1 Å². The fraction of sp³-hybridized carbons (Fsp3) is 0.667. The Morgan fingerprint density at radius 3 is 2.09 bits per heavy atom. The molecule has 0 heterocycles. The molecule has 2 atom stereocenters. The highest BCUT2D eigenvalue weighted by Crippen LogP contribution is 2.62. The Hall–Kier alpha value is -0.300. The number of rotatable bonds is 4. The summed E-state index contributed by atoms with van der Waals surface area (Å²) in [5.41, 5.74) is 0.327. The van der Waals surface area contributed by atoms with E-state index in [1.807, 2.05) is 30.3 Å². The lowest BCUT2D eigenvalue weighted by molar-refractivity contribution is -0.0665. The monoisotopic (exact) mass is 337 g/mol. The van der Waals surface area contributed by atoms with E-state index in [-0.39, 0.29) is 6.04 Å². The molecule has 0 aliphatic heterocycles. The minimum atomic E-state index is -3.00. The Balaban J connectivity index is 1.55. The molecule has 4 aliphatic carbocycles. The third-order valence-corrected chi connectivity index (χ3v) is 9.01. The summed E-state index contributed by atoms with van der Waals surface area (Å²) in [4.78, 5) is 0. The van der Waals surface area contributed by atoms with Gasteiger partial charge in [-0.3, -0.25) is 4.57 Å². The molecule has 1 N–H and O–H groups in total. The molecule has 4 fully saturated rings. The maximum atomic E-state index is 13.0. The molecule has 5 rings (SSSR count). The highest BCUT2D eigenvalue weighted by Gasteiger charge is 2.53. The van der Waals surface area contributed by atoms with Gasteiger partial charge in [-0.1, -0.05) is 18.2 Å². The third-order valence-electron chi connectivity index (χ3n) is 6.45. The van der Waals surface area contributed by atoms with Gasteiger partial charge in [0.2, 0.25) is 0 Å². The molecule has 4 heteroatoms. The van der Waals surface area contributed by atoms with Gasteiger partial charge in [0.05, 0.1) is 0 Å². The average Bonchev–Trinajstić information content (AvgIpc) is 2.46. The van der Waals surface area contributed by atoms with Crippen molar-refractivity contribution in [3.05, 3.63) is 30.3 Å².